The Hall–Kier alpha value is -2.55. The van der Waals surface area contributed by atoms with Crippen LogP contribution in [0.1, 0.15) is 13.3 Å². The van der Waals surface area contributed by atoms with Gasteiger partial charge in [0.15, 0.2) is 17.6 Å². The molecular formula is C13H13N3O3. The second kappa shape index (κ2) is 5.87. The van der Waals surface area contributed by atoms with Crippen LogP contribution < -0.4 is 14.9 Å². The third kappa shape index (κ3) is 3.22. The fourth-order valence-corrected chi connectivity index (χ4v) is 1.56. The van der Waals surface area contributed by atoms with Crippen LogP contribution in [0.15, 0.2) is 29.4 Å². The molecule has 98 valence electrons. The third-order valence-electron chi connectivity index (χ3n) is 2.57. The Bertz CT molecular complexity index is 548. The van der Waals surface area contributed by atoms with Gasteiger partial charge in [0.25, 0.3) is 5.91 Å². The third-order valence-corrected chi connectivity index (χ3v) is 2.57. The largest absolute Gasteiger partial charge is 0.485 e. The Balaban J connectivity index is 1.99. The van der Waals surface area contributed by atoms with E-state index in [1.54, 1.807) is 13.0 Å². The lowest BCUT2D eigenvalue weighted by Crippen LogP contribution is -2.36. The van der Waals surface area contributed by atoms with Crippen LogP contribution in [0.4, 0.5) is 0 Å². The average Bonchev–Trinajstić information content (AvgIpc) is 2.44. The first kappa shape index (κ1) is 12.9. The monoisotopic (exact) mass is 259 g/mol. The van der Waals surface area contributed by atoms with Crippen molar-refractivity contribution in [2.75, 3.05) is 6.61 Å². The summed E-state index contributed by atoms with van der Waals surface area (Å²) >= 11 is 0. The van der Waals surface area contributed by atoms with Gasteiger partial charge in [-0.25, -0.2) is 5.43 Å². The summed E-state index contributed by atoms with van der Waals surface area (Å²) in [5, 5.41) is 12.3. The molecule has 6 nitrogen and oxygen atoms in total. The second-order valence-corrected chi connectivity index (χ2v) is 3.99. The molecule has 0 bridgehead atoms. The molecule has 1 aromatic carbocycles. The average molecular weight is 259 g/mol. The van der Waals surface area contributed by atoms with Crippen LogP contribution in [0, 0.1) is 11.3 Å². The number of para-hydroxylation sites is 2. The predicted molar refractivity (Wildman–Crippen MR) is 67.8 cm³/mol. The number of benzene rings is 1. The molecule has 0 saturated carbocycles. The lowest BCUT2D eigenvalue weighted by Gasteiger charge is -2.26. The molecule has 0 radical (unpaired) electrons. The van der Waals surface area contributed by atoms with E-state index in [2.05, 4.69) is 10.5 Å². The normalized spacial score (nSPS) is 17.5. The number of hydrogen-bond acceptors (Lipinski definition) is 5. The van der Waals surface area contributed by atoms with Gasteiger partial charge in [0.1, 0.15) is 13.0 Å². The van der Waals surface area contributed by atoms with E-state index in [0.717, 1.165) is 0 Å². The zero-order chi connectivity index (χ0) is 13.7. The summed E-state index contributed by atoms with van der Waals surface area (Å²) in [5.41, 5.74) is 2.88. The topological polar surface area (TPSA) is 83.7 Å². The van der Waals surface area contributed by atoms with Crippen LogP contribution in [0.25, 0.3) is 0 Å². The molecule has 6 heteroatoms. The lowest BCUT2D eigenvalue weighted by atomic mass is 10.2. The summed E-state index contributed by atoms with van der Waals surface area (Å²) in [6.45, 7) is 2.06. The highest BCUT2D eigenvalue weighted by atomic mass is 16.6. The molecule has 0 spiro atoms. The van der Waals surface area contributed by atoms with Gasteiger partial charge in [0.05, 0.1) is 11.8 Å². The smallest absolute Gasteiger partial charge is 0.254 e. The van der Waals surface area contributed by atoms with E-state index in [9.17, 15) is 4.79 Å². The van der Waals surface area contributed by atoms with Crippen molar-refractivity contribution in [3.05, 3.63) is 24.3 Å². The number of nitrogens with zero attached hydrogens (tertiary/aromatic N) is 2. The molecule has 1 atom stereocenters. The zero-order valence-electron chi connectivity index (χ0n) is 10.4. The number of nitriles is 1. The SMILES string of the molecule is CC(=NNC(=O)CC#N)[C@H]1COc2ccccc2O1. The number of nitrogens with one attached hydrogen (secondary N) is 1. The molecule has 1 aliphatic heterocycles. The molecular weight excluding hydrogens is 246 g/mol. The maximum atomic E-state index is 11.1. The van der Waals surface area contributed by atoms with Gasteiger partial charge in [0.2, 0.25) is 0 Å². The van der Waals surface area contributed by atoms with E-state index in [-0.39, 0.29) is 12.5 Å². The van der Waals surface area contributed by atoms with Gasteiger partial charge in [-0.1, -0.05) is 12.1 Å². The first-order valence-corrected chi connectivity index (χ1v) is 5.79. The molecule has 0 aliphatic carbocycles. The summed E-state index contributed by atoms with van der Waals surface area (Å²) in [6, 6.07) is 9.10. The Morgan fingerprint density at radius 1 is 1.53 bits per heavy atom. The number of rotatable bonds is 3. The number of carbonyl (C=O) groups is 1. The zero-order valence-corrected chi connectivity index (χ0v) is 10.4. The first-order chi connectivity index (χ1) is 9.20. The molecule has 1 N–H and O–H groups in total. The van der Waals surface area contributed by atoms with Crippen LogP contribution in [0.5, 0.6) is 11.5 Å². The van der Waals surface area contributed by atoms with Crippen LogP contribution in [0.2, 0.25) is 0 Å². The highest BCUT2D eigenvalue weighted by Gasteiger charge is 2.23. The maximum absolute atomic E-state index is 11.1. The highest BCUT2D eigenvalue weighted by Crippen LogP contribution is 2.31. The minimum Gasteiger partial charge on any atom is -0.485 e. The van der Waals surface area contributed by atoms with Crippen molar-refractivity contribution in [3.63, 3.8) is 0 Å². The van der Waals surface area contributed by atoms with Crippen molar-refractivity contribution < 1.29 is 14.3 Å². The summed E-state index contributed by atoms with van der Waals surface area (Å²) in [4.78, 5) is 11.1. The summed E-state index contributed by atoms with van der Waals surface area (Å²) in [6.07, 6.45) is -0.570. The standard InChI is InChI=1S/C13H13N3O3/c1-9(15-16-13(17)6-7-14)12-8-18-10-4-2-3-5-11(10)19-12/h2-5,12H,6,8H2,1H3,(H,16,17)/t12-/m1/s1. The molecule has 19 heavy (non-hydrogen) atoms. The number of hydrogen-bond donors (Lipinski definition) is 1. The minimum atomic E-state index is -0.445. The lowest BCUT2D eigenvalue weighted by molar-refractivity contribution is -0.120. The molecule has 1 aromatic rings. The molecule has 2 rings (SSSR count). The summed E-state index contributed by atoms with van der Waals surface area (Å²) in [5.74, 6) is 0.899. The maximum Gasteiger partial charge on any atom is 0.254 e. The van der Waals surface area contributed by atoms with Gasteiger partial charge >= 0.3 is 0 Å². The van der Waals surface area contributed by atoms with E-state index in [0.29, 0.717) is 23.8 Å². The van der Waals surface area contributed by atoms with Crippen molar-refractivity contribution in [3.8, 4) is 17.6 Å². The highest BCUT2D eigenvalue weighted by molar-refractivity contribution is 5.88. The van der Waals surface area contributed by atoms with E-state index < -0.39 is 5.91 Å². The Labute approximate surface area is 110 Å². The molecule has 1 amide bonds. The van der Waals surface area contributed by atoms with Gasteiger partial charge in [-0.3, -0.25) is 4.79 Å². The Kier molecular flexibility index (Phi) is 3.98. The van der Waals surface area contributed by atoms with Crippen molar-refractivity contribution >= 4 is 11.6 Å². The van der Waals surface area contributed by atoms with E-state index in [4.69, 9.17) is 14.7 Å². The number of hydrazone groups is 1. The van der Waals surface area contributed by atoms with E-state index >= 15 is 0 Å². The molecule has 1 aliphatic rings. The van der Waals surface area contributed by atoms with Crippen LogP contribution >= 0.6 is 0 Å². The van der Waals surface area contributed by atoms with Gasteiger partial charge in [-0.05, 0) is 19.1 Å². The van der Waals surface area contributed by atoms with Crippen molar-refractivity contribution in [2.24, 2.45) is 5.10 Å². The molecule has 0 saturated heterocycles. The Morgan fingerprint density at radius 2 is 2.26 bits per heavy atom. The van der Waals surface area contributed by atoms with E-state index in [1.165, 1.54) is 0 Å². The predicted octanol–water partition coefficient (Wildman–Crippen LogP) is 1.23. The fraction of sp³-hybridized carbons (Fsp3) is 0.308. The fourth-order valence-electron chi connectivity index (χ4n) is 1.56. The van der Waals surface area contributed by atoms with Crippen LogP contribution in [-0.2, 0) is 4.79 Å². The van der Waals surface area contributed by atoms with Gasteiger partial charge in [-0.2, -0.15) is 10.4 Å². The number of ether oxygens (including phenoxy) is 2. The minimum absolute atomic E-state index is 0.221. The van der Waals surface area contributed by atoms with Crippen LogP contribution in [0.3, 0.4) is 0 Å². The van der Waals surface area contributed by atoms with Gasteiger partial charge in [-0.15, -0.1) is 0 Å². The Morgan fingerprint density at radius 3 is 3.00 bits per heavy atom. The van der Waals surface area contributed by atoms with Crippen molar-refractivity contribution in [1.82, 2.24) is 5.43 Å². The van der Waals surface area contributed by atoms with Crippen molar-refractivity contribution in [1.29, 1.82) is 5.26 Å². The molecule has 1 heterocycles. The van der Waals surface area contributed by atoms with E-state index in [1.807, 2.05) is 24.3 Å². The van der Waals surface area contributed by atoms with Gasteiger partial charge in [0, 0.05) is 0 Å². The molecule has 0 fully saturated rings. The van der Waals surface area contributed by atoms with Crippen LogP contribution in [-0.4, -0.2) is 24.3 Å². The molecule has 0 unspecified atom stereocenters. The second-order valence-electron chi connectivity index (χ2n) is 3.99. The number of carbonyl (C=O) groups excluding carboxylic acids is 1. The van der Waals surface area contributed by atoms with Gasteiger partial charge < -0.3 is 9.47 Å². The summed E-state index contributed by atoms with van der Waals surface area (Å²) in [7, 11) is 0. The number of fused-ring (bicyclic) bond motifs is 1. The number of amides is 1. The van der Waals surface area contributed by atoms with Crippen molar-refractivity contribution in [2.45, 2.75) is 19.4 Å². The first-order valence-electron chi connectivity index (χ1n) is 5.79. The quantitative estimate of drug-likeness (QED) is 0.653. The summed E-state index contributed by atoms with van der Waals surface area (Å²) < 4.78 is 11.3. The molecule has 0 aromatic heterocycles.